The molecule has 0 aliphatic carbocycles. The van der Waals surface area contributed by atoms with Crippen LogP contribution in [0.5, 0.6) is 0 Å². The predicted molar refractivity (Wildman–Crippen MR) is 90.6 cm³/mol. The van der Waals surface area contributed by atoms with E-state index in [1.165, 1.54) is 16.2 Å². The molecule has 2 aromatic rings. The van der Waals surface area contributed by atoms with Crippen molar-refractivity contribution in [1.29, 1.82) is 5.26 Å². The third-order valence-electron chi connectivity index (χ3n) is 3.85. The Morgan fingerprint density at radius 1 is 1.48 bits per heavy atom. The molecule has 0 saturated carbocycles. The predicted octanol–water partition coefficient (Wildman–Crippen LogP) is 0.958. The number of nitrogens with zero attached hydrogens (tertiary/aromatic N) is 4. The van der Waals surface area contributed by atoms with Crippen LogP contribution in [0.2, 0.25) is 0 Å². The molecule has 1 aromatic heterocycles. The SMILES string of the molecule is N#Cc1ccc2nc(N(CCN3CCNCC3)C(N)=O)sc2c1. The van der Waals surface area contributed by atoms with Crippen LogP contribution in [0.3, 0.4) is 0 Å². The van der Waals surface area contributed by atoms with E-state index in [0.717, 1.165) is 42.9 Å². The van der Waals surface area contributed by atoms with Gasteiger partial charge in [0.15, 0.2) is 5.13 Å². The molecule has 0 radical (unpaired) electrons. The van der Waals surface area contributed by atoms with E-state index in [9.17, 15) is 4.79 Å². The largest absolute Gasteiger partial charge is 0.351 e. The highest BCUT2D eigenvalue weighted by molar-refractivity contribution is 7.22. The third kappa shape index (κ3) is 3.59. The van der Waals surface area contributed by atoms with Gasteiger partial charge in [0.2, 0.25) is 0 Å². The zero-order valence-electron chi connectivity index (χ0n) is 12.7. The Balaban J connectivity index is 1.77. The number of amides is 2. The van der Waals surface area contributed by atoms with Crippen LogP contribution < -0.4 is 16.0 Å². The van der Waals surface area contributed by atoms with E-state index < -0.39 is 6.03 Å². The van der Waals surface area contributed by atoms with Crippen LogP contribution >= 0.6 is 11.3 Å². The molecule has 1 aliphatic heterocycles. The van der Waals surface area contributed by atoms with Crippen LogP contribution in [-0.4, -0.2) is 55.2 Å². The van der Waals surface area contributed by atoms with Crippen LogP contribution in [0.1, 0.15) is 5.56 Å². The number of rotatable bonds is 4. The lowest BCUT2D eigenvalue weighted by molar-refractivity contribution is 0.238. The maximum absolute atomic E-state index is 11.8. The Morgan fingerprint density at radius 3 is 2.96 bits per heavy atom. The number of aromatic nitrogens is 1. The van der Waals surface area contributed by atoms with Crippen molar-refractivity contribution in [1.82, 2.24) is 15.2 Å². The molecule has 0 atom stereocenters. The second kappa shape index (κ2) is 6.91. The number of fused-ring (bicyclic) bond motifs is 1. The first kappa shape index (κ1) is 15.7. The van der Waals surface area contributed by atoms with E-state index >= 15 is 0 Å². The van der Waals surface area contributed by atoms with Crippen molar-refractivity contribution < 1.29 is 4.79 Å². The fourth-order valence-corrected chi connectivity index (χ4v) is 3.61. The molecule has 7 nitrogen and oxygen atoms in total. The second-order valence-electron chi connectivity index (χ2n) is 5.37. The monoisotopic (exact) mass is 330 g/mol. The highest BCUT2D eigenvalue weighted by Gasteiger charge is 2.19. The number of urea groups is 1. The second-order valence-corrected chi connectivity index (χ2v) is 6.38. The number of nitrogens with one attached hydrogen (secondary N) is 1. The summed E-state index contributed by atoms with van der Waals surface area (Å²) < 4.78 is 0.882. The molecular formula is C15H18N6OS. The average Bonchev–Trinajstić information content (AvgIpc) is 2.98. The highest BCUT2D eigenvalue weighted by atomic mass is 32.1. The van der Waals surface area contributed by atoms with E-state index in [-0.39, 0.29) is 0 Å². The number of piperazine rings is 1. The van der Waals surface area contributed by atoms with Crippen LogP contribution in [-0.2, 0) is 0 Å². The quantitative estimate of drug-likeness (QED) is 0.870. The van der Waals surface area contributed by atoms with Gasteiger partial charge in [-0.2, -0.15) is 5.26 Å². The zero-order valence-corrected chi connectivity index (χ0v) is 13.5. The van der Waals surface area contributed by atoms with Crippen molar-refractivity contribution >= 4 is 32.7 Å². The molecule has 0 bridgehead atoms. The molecule has 1 saturated heterocycles. The van der Waals surface area contributed by atoms with Gasteiger partial charge in [-0.25, -0.2) is 9.78 Å². The van der Waals surface area contributed by atoms with E-state index in [1.807, 2.05) is 0 Å². The van der Waals surface area contributed by atoms with Gasteiger partial charge in [-0.1, -0.05) is 11.3 Å². The molecule has 3 N–H and O–H groups in total. The lowest BCUT2D eigenvalue weighted by Crippen LogP contribution is -2.48. The number of benzene rings is 1. The van der Waals surface area contributed by atoms with Crippen LogP contribution in [0, 0.1) is 11.3 Å². The fraction of sp³-hybridized carbons (Fsp3) is 0.400. The molecule has 0 spiro atoms. The molecule has 8 heteroatoms. The minimum atomic E-state index is -0.500. The number of carbonyl (C=O) groups excluding carboxylic acids is 1. The first-order chi connectivity index (χ1) is 11.2. The number of nitrogens with two attached hydrogens (primary N) is 1. The number of carbonyl (C=O) groups is 1. The first-order valence-electron chi connectivity index (χ1n) is 7.48. The van der Waals surface area contributed by atoms with Crippen molar-refractivity contribution in [3.63, 3.8) is 0 Å². The number of thiazole rings is 1. The van der Waals surface area contributed by atoms with Gasteiger partial charge >= 0.3 is 6.03 Å². The maximum Gasteiger partial charge on any atom is 0.321 e. The minimum absolute atomic E-state index is 0.500. The standard InChI is InChI=1S/C15H18N6OS/c16-10-11-1-2-12-13(9-11)23-15(19-12)21(14(17)22)8-7-20-5-3-18-4-6-20/h1-2,9,18H,3-8H2,(H2,17,22). The highest BCUT2D eigenvalue weighted by Crippen LogP contribution is 2.29. The van der Waals surface area contributed by atoms with Crippen LogP contribution in [0.15, 0.2) is 18.2 Å². The van der Waals surface area contributed by atoms with Gasteiger partial charge in [0, 0.05) is 39.3 Å². The minimum Gasteiger partial charge on any atom is -0.351 e. The number of primary amides is 1. The number of hydrogen-bond donors (Lipinski definition) is 2. The van der Waals surface area contributed by atoms with Gasteiger partial charge in [0.1, 0.15) is 0 Å². The molecule has 1 aromatic carbocycles. The topological polar surface area (TPSA) is 98.3 Å². The maximum atomic E-state index is 11.8. The molecule has 0 unspecified atom stereocenters. The average molecular weight is 330 g/mol. The van der Waals surface area contributed by atoms with Crippen molar-refractivity contribution in [3.8, 4) is 6.07 Å². The number of nitriles is 1. The first-order valence-corrected chi connectivity index (χ1v) is 8.30. The van der Waals surface area contributed by atoms with E-state index in [4.69, 9.17) is 11.0 Å². The molecule has 1 aliphatic rings. The normalized spacial score (nSPS) is 15.4. The lowest BCUT2D eigenvalue weighted by Gasteiger charge is -2.29. The summed E-state index contributed by atoms with van der Waals surface area (Å²) in [5.74, 6) is 0. The summed E-state index contributed by atoms with van der Waals surface area (Å²) in [5.41, 5.74) is 6.89. The molecule has 1 fully saturated rings. The van der Waals surface area contributed by atoms with E-state index in [1.54, 1.807) is 18.2 Å². The molecular weight excluding hydrogens is 312 g/mol. The van der Waals surface area contributed by atoms with Gasteiger partial charge < -0.3 is 11.1 Å². The Bertz CT molecular complexity index is 746. The summed E-state index contributed by atoms with van der Waals surface area (Å²) in [6.45, 7) is 5.16. The molecule has 120 valence electrons. The van der Waals surface area contributed by atoms with Gasteiger partial charge in [0.25, 0.3) is 0 Å². The molecule has 23 heavy (non-hydrogen) atoms. The molecule has 2 amide bonds. The van der Waals surface area contributed by atoms with Crippen LogP contribution in [0.25, 0.3) is 10.2 Å². The van der Waals surface area contributed by atoms with Gasteiger partial charge in [-0.3, -0.25) is 9.80 Å². The zero-order chi connectivity index (χ0) is 16.2. The summed E-state index contributed by atoms with van der Waals surface area (Å²) >= 11 is 1.38. The summed E-state index contributed by atoms with van der Waals surface area (Å²) in [6, 6.07) is 6.91. The van der Waals surface area contributed by atoms with Crippen molar-refractivity contribution in [3.05, 3.63) is 23.8 Å². The summed E-state index contributed by atoms with van der Waals surface area (Å²) in [5, 5.41) is 12.9. The Morgan fingerprint density at radius 2 is 2.26 bits per heavy atom. The Kier molecular flexibility index (Phi) is 4.71. The lowest BCUT2D eigenvalue weighted by atomic mass is 10.2. The fourth-order valence-electron chi connectivity index (χ4n) is 2.57. The van der Waals surface area contributed by atoms with Gasteiger partial charge in [0.05, 0.1) is 21.8 Å². The van der Waals surface area contributed by atoms with E-state index in [2.05, 4.69) is 21.3 Å². The van der Waals surface area contributed by atoms with Gasteiger partial charge in [-0.15, -0.1) is 0 Å². The van der Waals surface area contributed by atoms with Crippen molar-refractivity contribution in [2.24, 2.45) is 5.73 Å². The van der Waals surface area contributed by atoms with E-state index in [0.29, 0.717) is 17.2 Å². The molecule has 3 rings (SSSR count). The summed E-state index contributed by atoms with van der Waals surface area (Å²) in [4.78, 5) is 20.1. The summed E-state index contributed by atoms with van der Waals surface area (Å²) in [6.07, 6.45) is 0. The Hall–Kier alpha value is -2.21. The van der Waals surface area contributed by atoms with Crippen molar-refractivity contribution in [2.45, 2.75) is 0 Å². The van der Waals surface area contributed by atoms with Crippen LogP contribution in [0.4, 0.5) is 9.93 Å². The summed E-state index contributed by atoms with van der Waals surface area (Å²) in [7, 11) is 0. The van der Waals surface area contributed by atoms with Gasteiger partial charge in [-0.05, 0) is 18.2 Å². The smallest absolute Gasteiger partial charge is 0.321 e. The molecule has 2 heterocycles. The number of anilines is 1. The van der Waals surface area contributed by atoms with Crippen molar-refractivity contribution in [2.75, 3.05) is 44.2 Å². The third-order valence-corrected chi connectivity index (χ3v) is 4.89. The number of hydrogen-bond acceptors (Lipinski definition) is 6. The Labute approximate surface area is 138 Å².